The predicted molar refractivity (Wildman–Crippen MR) is 72.0 cm³/mol. The number of nitrogens with zero attached hydrogens (tertiary/aromatic N) is 3. The Balaban J connectivity index is 1.81. The van der Waals surface area contributed by atoms with Crippen LogP contribution >= 0.6 is 11.8 Å². The molecule has 1 aliphatic rings. The summed E-state index contributed by atoms with van der Waals surface area (Å²) in [6.07, 6.45) is 1.18. The molecule has 1 fully saturated rings. The van der Waals surface area contributed by atoms with Gasteiger partial charge in [0.05, 0.1) is 13.2 Å². The van der Waals surface area contributed by atoms with Gasteiger partial charge in [-0.15, -0.1) is 5.10 Å². The molecule has 2 heterocycles. The number of nitrogens with one attached hydrogen (secondary N) is 1. The van der Waals surface area contributed by atoms with E-state index in [1.807, 2.05) is 11.8 Å². The number of hydrogen-bond acceptors (Lipinski definition) is 7. The highest BCUT2D eigenvalue weighted by molar-refractivity contribution is 7.99. The maximum atomic E-state index is 5.65. The molecule has 0 saturated carbocycles. The van der Waals surface area contributed by atoms with Crippen LogP contribution in [0.1, 0.15) is 12.3 Å². The molecule has 1 aromatic rings. The molecule has 0 spiro atoms. The lowest BCUT2D eigenvalue weighted by Gasteiger charge is -2.15. The first kappa shape index (κ1) is 13.6. The molecule has 1 saturated heterocycles. The first-order valence-electron chi connectivity index (χ1n) is 6.25. The first-order valence-corrected chi connectivity index (χ1v) is 7.40. The van der Waals surface area contributed by atoms with Gasteiger partial charge in [-0.2, -0.15) is 11.8 Å². The summed E-state index contributed by atoms with van der Waals surface area (Å²) in [5, 5.41) is 11.3. The zero-order chi connectivity index (χ0) is 12.6. The summed E-state index contributed by atoms with van der Waals surface area (Å²) in [5.41, 5.74) is 0. The van der Waals surface area contributed by atoms with Gasteiger partial charge in [0.15, 0.2) is 0 Å². The van der Waals surface area contributed by atoms with Crippen LogP contribution in [0.4, 0.5) is 6.01 Å². The fourth-order valence-corrected chi connectivity index (χ4v) is 2.64. The number of methoxy groups -OCH3 is 1. The Morgan fingerprint density at radius 2 is 2.33 bits per heavy atom. The van der Waals surface area contributed by atoms with E-state index in [4.69, 9.17) is 9.15 Å². The molecule has 0 aromatic carbocycles. The van der Waals surface area contributed by atoms with Crippen LogP contribution in [-0.4, -0.2) is 55.1 Å². The van der Waals surface area contributed by atoms with Gasteiger partial charge in [-0.25, -0.2) is 0 Å². The highest BCUT2D eigenvalue weighted by atomic mass is 32.2. The highest BCUT2D eigenvalue weighted by Crippen LogP contribution is 2.17. The second kappa shape index (κ2) is 7.60. The van der Waals surface area contributed by atoms with Crippen LogP contribution < -0.4 is 10.2 Å². The summed E-state index contributed by atoms with van der Waals surface area (Å²) in [5.74, 6) is 2.98. The van der Waals surface area contributed by atoms with Crippen molar-refractivity contribution >= 4 is 17.8 Å². The molecule has 0 bridgehead atoms. The fraction of sp³-hybridized carbons (Fsp3) is 0.818. The third-order valence-electron chi connectivity index (χ3n) is 2.71. The normalized spacial score (nSPS) is 16.8. The second-order valence-electron chi connectivity index (χ2n) is 4.10. The van der Waals surface area contributed by atoms with Gasteiger partial charge in [0.25, 0.3) is 0 Å². The zero-order valence-electron chi connectivity index (χ0n) is 10.7. The van der Waals surface area contributed by atoms with Crippen molar-refractivity contribution in [3.8, 4) is 0 Å². The molecule has 1 aliphatic heterocycles. The van der Waals surface area contributed by atoms with Gasteiger partial charge in [0, 0.05) is 32.5 Å². The molecule has 7 heteroatoms. The number of hydrogen-bond donors (Lipinski definition) is 1. The molecule has 0 aliphatic carbocycles. The van der Waals surface area contributed by atoms with Crippen LogP contribution in [0.15, 0.2) is 4.42 Å². The molecule has 0 radical (unpaired) electrons. The van der Waals surface area contributed by atoms with Crippen LogP contribution in [0.2, 0.25) is 0 Å². The van der Waals surface area contributed by atoms with Crippen LogP contribution in [-0.2, 0) is 11.3 Å². The molecule has 102 valence electrons. The Morgan fingerprint density at radius 3 is 3.22 bits per heavy atom. The van der Waals surface area contributed by atoms with E-state index in [1.54, 1.807) is 7.11 Å². The molecule has 0 amide bonds. The average molecular weight is 272 g/mol. The molecule has 2 rings (SSSR count). The van der Waals surface area contributed by atoms with E-state index in [0.29, 0.717) is 25.1 Å². The Labute approximate surface area is 111 Å². The summed E-state index contributed by atoms with van der Waals surface area (Å²) < 4.78 is 10.6. The van der Waals surface area contributed by atoms with Crippen LogP contribution in [0, 0.1) is 0 Å². The Morgan fingerprint density at radius 1 is 1.39 bits per heavy atom. The van der Waals surface area contributed by atoms with Crippen molar-refractivity contribution in [1.29, 1.82) is 0 Å². The lowest BCUT2D eigenvalue weighted by atomic mass is 10.4. The third kappa shape index (κ3) is 4.15. The van der Waals surface area contributed by atoms with Crippen molar-refractivity contribution in [3.05, 3.63) is 5.89 Å². The quantitative estimate of drug-likeness (QED) is 0.767. The van der Waals surface area contributed by atoms with Gasteiger partial charge in [-0.3, -0.25) is 0 Å². The van der Waals surface area contributed by atoms with Gasteiger partial charge >= 0.3 is 6.01 Å². The molecular weight excluding hydrogens is 252 g/mol. The van der Waals surface area contributed by atoms with Crippen LogP contribution in [0.25, 0.3) is 0 Å². The average Bonchev–Trinajstić information content (AvgIpc) is 2.69. The van der Waals surface area contributed by atoms with Gasteiger partial charge in [0.1, 0.15) is 0 Å². The van der Waals surface area contributed by atoms with Crippen molar-refractivity contribution in [1.82, 2.24) is 15.5 Å². The van der Waals surface area contributed by atoms with Crippen molar-refractivity contribution in [2.24, 2.45) is 0 Å². The smallest absolute Gasteiger partial charge is 0.318 e. The van der Waals surface area contributed by atoms with Crippen LogP contribution in [0.3, 0.4) is 0 Å². The first-order chi connectivity index (χ1) is 8.90. The number of rotatable bonds is 6. The van der Waals surface area contributed by atoms with E-state index in [1.165, 1.54) is 12.2 Å². The second-order valence-corrected chi connectivity index (χ2v) is 5.33. The summed E-state index contributed by atoms with van der Waals surface area (Å²) in [6.45, 7) is 4.06. The molecule has 1 N–H and O–H groups in total. The Bertz CT molecular complexity index is 340. The molecule has 18 heavy (non-hydrogen) atoms. The monoisotopic (exact) mass is 272 g/mol. The van der Waals surface area contributed by atoms with E-state index in [0.717, 1.165) is 25.4 Å². The third-order valence-corrected chi connectivity index (χ3v) is 3.76. The van der Waals surface area contributed by atoms with Gasteiger partial charge in [-0.1, -0.05) is 5.10 Å². The van der Waals surface area contributed by atoms with Gasteiger partial charge in [0.2, 0.25) is 5.89 Å². The SMILES string of the molecule is COCCNCc1nnc(N2CCCSCC2)o1. The van der Waals surface area contributed by atoms with Gasteiger partial charge in [-0.05, 0) is 12.2 Å². The largest absolute Gasteiger partial charge is 0.407 e. The van der Waals surface area contributed by atoms with Crippen molar-refractivity contribution in [3.63, 3.8) is 0 Å². The van der Waals surface area contributed by atoms with E-state index < -0.39 is 0 Å². The number of thioether (sulfide) groups is 1. The molecule has 0 atom stereocenters. The van der Waals surface area contributed by atoms with Gasteiger partial charge < -0.3 is 19.4 Å². The van der Waals surface area contributed by atoms with Crippen molar-refractivity contribution < 1.29 is 9.15 Å². The summed E-state index contributed by atoms with van der Waals surface area (Å²) in [6, 6.07) is 0.654. The standard InChI is InChI=1S/C11H20N4O2S/c1-16-6-3-12-9-10-13-14-11(17-10)15-4-2-7-18-8-5-15/h12H,2-9H2,1H3. The Kier molecular flexibility index (Phi) is 5.76. The lowest BCUT2D eigenvalue weighted by molar-refractivity contribution is 0.198. The van der Waals surface area contributed by atoms with E-state index in [-0.39, 0.29) is 0 Å². The lowest BCUT2D eigenvalue weighted by Crippen LogP contribution is -2.25. The maximum Gasteiger partial charge on any atom is 0.318 e. The highest BCUT2D eigenvalue weighted by Gasteiger charge is 2.15. The zero-order valence-corrected chi connectivity index (χ0v) is 11.5. The number of anilines is 1. The molecule has 0 unspecified atom stereocenters. The minimum atomic E-state index is 0.596. The van der Waals surface area contributed by atoms with E-state index in [9.17, 15) is 0 Å². The summed E-state index contributed by atoms with van der Waals surface area (Å²) >= 11 is 1.98. The summed E-state index contributed by atoms with van der Waals surface area (Å²) in [4.78, 5) is 2.17. The Hall–Kier alpha value is -0.790. The molecule has 6 nitrogen and oxygen atoms in total. The topological polar surface area (TPSA) is 63.4 Å². The number of ether oxygens (including phenoxy) is 1. The summed E-state index contributed by atoms with van der Waals surface area (Å²) in [7, 11) is 1.68. The van der Waals surface area contributed by atoms with Crippen molar-refractivity contribution in [2.45, 2.75) is 13.0 Å². The van der Waals surface area contributed by atoms with Crippen molar-refractivity contribution in [2.75, 3.05) is 49.8 Å². The maximum absolute atomic E-state index is 5.65. The van der Waals surface area contributed by atoms with E-state index in [2.05, 4.69) is 20.4 Å². The van der Waals surface area contributed by atoms with E-state index >= 15 is 0 Å². The fourth-order valence-electron chi connectivity index (χ4n) is 1.75. The van der Waals surface area contributed by atoms with Crippen LogP contribution in [0.5, 0.6) is 0 Å². The molecular formula is C11H20N4O2S. The molecule has 1 aromatic heterocycles. The number of aromatic nitrogens is 2. The minimum Gasteiger partial charge on any atom is -0.407 e. The minimum absolute atomic E-state index is 0.596. The predicted octanol–water partition coefficient (Wildman–Crippen LogP) is 0.749.